The molecule has 0 spiro atoms. The highest BCUT2D eigenvalue weighted by atomic mass is 127. The Morgan fingerprint density at radius 2 is 2.15 bits per heavy atom. The number of hydrogen-bond acceptors (Lipinski definition) is 3. The second kappa shape index (κ2) is 6.09. The highest BCUT2D eigenvalue weighted by Gasteiger charge is 2.10. The van der Waals surface area contributed by atoms with Crippen molar-refractivity contribution in [1.82, 2.24) is 24.5 Å². The van der Waals surface area contributed by atoms with Gasteiger partial charge >= 0.3 is 0 Å². The van der Waals surface area contributed by atoms with E-state index in [0.29, 0.717) is 5.88 Å². The van der Waals surface area contributed by atoms with Gasteiger partial charge in [-0.2, -0.15) is 0 Å². The van der Waals surface area contributed by atoms with Crippen LogP contribution in [0.15, 0.2) is 30.6 Å². The Labute approximate surface area is 135 Å². The van der Waals surface area contributed by atoms with Gasteiger partial charge in [0.25, 0.3) is 0 Å². The van der Waals surface area contributed by atoms with Crippen molar-refractivity contribution in [3.8, 4) is 0 Å². The van der Waals surface area contributed by atoms with Crippen molar-refractivity contribution in [1.29, 1.82) is 0 Å². The molecular weight excluding hydrogens is 389 g/mol. The molecule has 0 aliphatic carbocycles. The normalized spacial score (nSPS) is 11.3. The maximum absolute atomic E-state index is 5.88. The first-order valence-corrected chi connectivity index (χ1v) is 7.94. The number of hydrogen-bond donors (Lipinski definition) is 0. The summed E-state index contributed by atoms with van der Waals surface area (Å²) in [5, 5.41) is 7.81. The summed E-state index contributed by atoms with van der Waals surface area (Å²) in [5.41, 5.74) is 2.17. The smallest absolute Gasteiger partial charge is 0.111 e. The predicted molar refractivity (Wildman–Crippen MR) is 86.9 cm³/mol. The molecule has 0 amide bonds. The maximum atomic E-state index is 5.88. The van der Waals surface area contributed by atoms with Crippen LogP contribution < -0.4 is 0 Å². The first kappa shape index (κ1) is 13.8. The Morgan fingerprint density at radius 3 is 2.90 bits per heavy atom. The maximum Gasteiger partial charge on any atom is 0.111 e. The van der Waals surface area contributed by atoms with E-state index in [2.05, 4.69) is 55.7 Å². The minimum atomic E-state index is 0.573. The van der Waals surface area contributed by atoms with Crippen LogP contribution in [0.1, 0.15) is 5.82 Å². The average Bonchev–Trinajstić information content (AvgIpc) is 3.04. The van der Waals surface area contributed by atoms with Gasteiger partial charge in [0.2, 0.25) is 0 Å². The van der Waals surface area contributed by atoms with Gasteiger partial charge in [0.05, 0.1) is 23.8 Å². The molecule has 0 aliphatic heterocycles. The molecule has 0 bridgehead atoms. The molecule has 1 aromatic carbocycles. The first-order valence-electron chi connectivity index (χ1n) is 6.32. The van der Waals surface area contributed by atoms with Crippen molar-refractivity contribution < 1.29 is 0 Å². The third-order valence-corrected chi connectivity index (χ3v) is 3.99. The van der Waals surface area contributed by atoms with Crippen LogP contribution in [0.5, 0.6) is 0 Å². The molecule has 0 atom stereocenters. The molecule has 2 aromatic heterocycles. The van der Waals surface area contributed by atoms with Crippen LogP contribution in [0.2, 0.25) is 0 Å². The minimum absolute atomic E-state index is 0.573. The van der Waals surface area contributed by atoms with E-state index in [1.807, 2.05) is 10.9 Å². The van der Waals surface area contributed by atoms with E-state index in [-0.39, 0.29) is 0 Å². The van der Waals surface area contributed by atoms with E-state index in [1.165, 1.54) is 3.57 Å². The summed E-state index contributed by atoms with van der Waals surface area (Å²) in [5.74, 6) is 1.60. The Bertz CT molecular complexity index is 707. The Hall–Kier alpha value is -1.15. The number of imidazole rings is 1. The molecule has 0 saturated carbocycles. The molecule has 0 aliphatic rings. The number of benzene rings is 1. The van der Waals surface area contributed by atoms with Crippen molar-refractivity contribution in [3.05, 3.63) is 40.0 Å². The Morgan fingerprint density at radius 1 is 1.25 bits per heavy atom. The summed E-state index contributed by atoms with van der Waals surface area (Å²) in [6.45, 7) is 1.58. The van der Waals surface area contributed by atoms with E-state index in [4.69, 9.17) is 16.6 Å². The topological polar surface area (TPSA) is 48.5 Å². The Balaban J connectivity index is 1.95. The fourth-order valence-corrected chi connectivity index (χ4v) is 2.88. The molecule has 3 aromatic rings. The summed E-state index contributed by atoms with van der Waals surface area (Å²) < 4.78 is 5.23. The molecule has 104 valence electrons. The zero-order chi connectivity index (χ0) is 13.9. The lowest BCUT2D eigenvalue weighted by atomic mass is 10.3. The number of alkyl halides is 1. The molecule has 0 radical (unpaired) electrons. The summed E-state index contributed by atoms with van der Waals surface area (Å²) in [6.07, 6.45) is 4.32. The van der Waals surface area contributed by atoms with Crippen LogP contribution in [0.4, 0.5) is 0 Å². The number of fused-ring (bicyclic) bond motifs is 1. The van der Waals surface area contributed by atoms with Crippen LogP contribution in [0, 0.1) is 3.57 Å². The van der Waals surface area contributed by atoms with Gasteiger partial charge in [-0.05, 0) is 40.8 Å². The van der Waals surface area contributed by atoms with Gasteiger partial charge in [-0.3, -0.25) is 4.68 Å². The summed E-state index contributed by atoms with van der Waals surface area (Å²) in [4.78, 5) is 4.69. The lowest BCUT2D eigenvalue weighted by molar-refractivity contribution is 0.516. The van der Waals surface area contributed by atoms with Crippen LogP contribution in [-0.2, 0) is 19.5 Å². The molecule has 7 heteroatoms. The van der Waals surface area contributed by atoms with E-state index < -0.39 is 0 Å². The fourth-order valence-electron chi connectivity index (χ4n) is 2.23. The van der Waals surface area contributed by atoms with Crippen molar-refractivity contribution in [2.45, 2.75) is 19.5 Å². The summed E-state index contributed by atoms with van der Waals surface area (Å²) in [6, 6.07) is 6.31. The van der Waals surface area contributed by atoms with Gasteiger partial charge in [0, 0.05) is 28.6 Å². The summed E-state index contributed by atoms with van der Waals surface area (Å²) in [7, 11) is 0. The molecule has 3 rings (SSSR count). The number of aryl methyl sites for hydroxylation is 3. The van der Waals surface area contributed by atoms with Gasteiger partial charge in [-0.15, -0.1) is 16.7 Å². The standard InChI is InChI=1S/C13H13ClIN5/c14-4-3-13-17-11-9-10(15)1-2-12(11)20(13)8-7-19-6-5-16-18-19/h1-2,5-6,9H,3-4,7-8H2. The van der Waals surface area contributed by atoms with Crippen LogP contribution in [0.25, 0.3) is 11.0 Å². The van der Waals surface area contributed by atoms with Crippen LogP contribution in [-0.4, -0.2) is 30.4 Å². The van der Waals surface area contributed by atoms with Gasteiger partial charge < -0.3 is 4.57 Å². The highest BCUT2D eigenvalue weighted by Crippen LogP contribution is 2.20. The second-order valence-corrected chi connectivity index (χ2v) is 6.04. The van der Waals surface area contributed by atoms with Crippen molar-refractivity contribution in [2.24, 2.45) is 0 Å². The second-order valence-electron chi connectivity index (χ2n) is 4.42. The quantitative estimate of drug-likeness (QED) is 0.488. The molecule has 0 fully saturated rings. The van der Waals surface area contributed by atoms with Gasteiger partial charge in [0.15, 0.2) is 0 Å². The molecule has 0 unspecified atom stereocenters. The summed E-state index contributed by atoms with van der Waals surface area (Å²) >= 11 is 8.19. The minimum Gasteiger partial charge on any atom is -0.326 e. The van der Waals surface area contributed by atoms with Crippen molar-refractivity contribution >= 4 is 45.2 Å². The lowest BCUT2D eigenvalue weighted by Gasteiger charge is -2.08. The molecule has 2 heterocycles. The van der Waals surface area contributed by atoms with Crippen molar-refractivity contribution in [3.63, 3.8) is 0 Å². The SMILES string of the molecule is ClCCc1nc2cc(I)ccc2n1CCn1ccnn1. The van der Waals surface area contributed by atoms with E-state index in [0.717, 1.165) is 36.4 Å². The van der Waals surface area contributed by atoms with Crippen molar-refractivity contribution in [2.75, 3.05) is 5.88 Å². The monoisotopic (exact) mass is 401 g/mol. The number of rotatable bonds is 5. The lowest BCUT2D eigenvalue weighted by Crippen LogP contribution is -2.11. The molecule has 0 saturated heterocycles. The van der Waals surface area contributed by atoms with Crippen LogP contribution >= 0.6 is 34.2 Å². The van der Waals surface area contributed by atoms with E-state index in [1.54, 1.807) is 6.20 Å². The largest absolute Gasteiger partial charge is 0.326 e. The van der Waals surface area contributed by atoms with Gasteiger partial charge in [-0.25, -0.2) is 4.98 Å². The fraction of sp³-hybridized carbons (Fsp3) is 0.308. The van der Waals surface area contributed by atoms with Gasteiger partial charge in [-0.1, -0.05) is 5.21 Å². The zero-order valence-corrected chi connectivity index (χ0v) is 13.6. The van der Waals surface area contributed by atoms with Gasteiger partial charge in [0.1, 0.15) is 5.82 Å². The Kier molecular flexibility index (Phi) is 4.21. The van der Waals surface area contributed by atoms with Crippen LogP contribution in [0.3, 0.4) is 0 Å². The molecular formula is C13H13ClIN5. The van der Waals surface area contributed by atoms with E-state index in [9.17, 15) is 0 Å². The third-order valence-electron chi connectivity index (χ3n) is 3.13. The average molecular weight is 402 g/mol. The molecule has 5 nitrogen and oxygen atoms in total. The first-order chi connectivity index (χ1) is 9.78. The zero-order valence-electron chi connectivity index (χ0n) is 10.7. The number of nitrogens with zero attached hydrogens (tertiary/aromatic N) is 5. The van der Waals surface area contributed by atoms with E-state index >= 15 is 0 Å². The highest BCUT2D eigenvalue weighted by molar-refractivity contribution is 14.1. The molecule has 0 N–H and O–H groups in total. The number of halogens is 2. The third kappa shape index (κ3) is 2.80. The number of aromatic nitrogens is 5. The predicted octanol–water partition coefficient (Wildman–Crippen LogP) is 2.71. The molecule has 20 heavy (non-hydrogen) atoms.